The zero-order valence-electron chi connectivity index (χ0n) is 11.1. The molecule has 3 aromatic rings. The van der Waals surface area contributed by atoms with E-state index < -0.39 is 11.7 Å². The number of carboxylic acids is 1. The molecule has 0 atom stereocenters. The number of furan rings is 1. The van der Waals surface area contributed by atoms with Crippen LogP contribution in [0.25, 0.3) is 11.3 Å². The Hall–Kier alpha value is -3.42. The molecule has 0 fully saturated rings. The van der Waals surface area contributed by atoms with Gasteiger partial charge in [0, 0.05) is 5.56 Å². The fourth-order valence-corrected chi connectivity index (χ4v) is 1.81. The Balaban J connectivity index is 1.87. The first kappa shape index (κ1) is 13.6. The molecule has 2 aromatic heterocycles. The number of benzene rings is 1. The number of hydrogen-bond donors (Lipinski definition) is 1. The van der Waals surface area contributed by atoms with E-state index in [-0.39, 0.29) is 5.56 Å². The van der Waals surface area contributed by atoms with Crippen LogP contribution in [0.15, 0.2) is 52.5 Å². The van der Waals surface area contributed by atoms with Gasteiger partial charge in [0.1, 0.15) is 24.2 Å². The van der Waals surface area contributed by atoms with Crippen molar-refractivity contribution < 1.29 is 19.4 Å². The van der Waals surface area contributed by atoms with Crippen molar-refractivity contribution in [3.8, 4) is 17.1 Å². The number of aromatic carboxylic acids is 1. The van der Waals surface area contributed by atoms with Crippen LogP contribution in [0, 0.1) is 0 Å². The summed E-state index contributed by atoms with van der Waals surface area (Å²) in [4.78, 5) is 11.0. The van der Waals surface area contributed by atoms with E-state index in [1.54, 1.807) is 12.1 Å². The fourth-order valence-electron chi connectivity index (χ4n) is 1.81. The Bertz CT molecular complexity index is 836. The maximum absolute atomic E-state index is 11.4. The summed E-state index contributed by atoms with van der Waals surface area (Å²) in [7, 11) is 0. The first-order valence-electron chi connectivity index (χ1n) is 6.17. The Morgan fingerprint density at radius 3 is 2.77 bits per heavy atom. The quantitative estimate of drug-likeness (QED) is 0.723. The highest BCUT2D eigenvalue weighted by Crippen LogP contribution is 2.26. The molecule has 0 saturated heterocycles. The van der Waals surface area contributed by atoms with Crippen LogP contribution in [0.4, 0.5) is 0 Å². The number of carbonyl (C=O) groups is 1. The van der Waals surface area contributed by atoms with E-state index in [9.17, 15) is 9.90 Å². The van der Waals surface area contributed by atoms with Gasteiger partial charge in [-0.3, -0.25) is 0 Å². The van der Waals surface area contributed by atoms with Crippen LogP contribution in [-0.4, -0.2) is 32.2 Å². The third-order valence-electron chi connectivity index (χ3n) is 2.85. The molecule has 0 spiro atoms. The zero-order chi connectivity index (χ0) is 15.5. The topological polar surface area (TPSA) is 117 Å². The number of nitrogens with zero attached hydrogens (tertiary/aromatic N) is 4. The SMILES string of the molecule is O=C(O)c1cc(-c2ccc(/C=N/n3cnnc3)o2)ccc1[O-]. The highest BCUT2D eigenvalue weighted by atomic mass is 16.4. The van der Waals surface area contributed by atoms with Crippen LogP contribution in [0.5, 0.6) is 5.75 Å². The largest absolute Gasteiger partial charge is 0.872 e. The second-order valence-electron chi connectivity index (χ2n) is 4.30. The Morgan fingerprint density at radius 2 is 2.05 bits per heavy atom. The fraction of sp³-hybridized carbons (Fsp3) is 0. The van der Waals surface area contributed by atoms with Crippen molar-refractivity contribution in [2.45, 2.75) is 0 Å². The molecule has 22 heavy (non-hydrogen) atoms. The van der Waals surface area contributed by atoms with Gasteiger partial charge in [0.2, 0.25) is 0 Å². The average molecular weight is 297 g/mol. The molecule has 0 aliphatic heterocycles. The average Bonchev–Trinajstić information content (AvgIpc) is 3.17. The number of rotatable bonds is 4. The highest BCUT2D eigenvalue weighted by molar-refractivity contribution is 5.92. The van der Waals surface area contributed by atoms with Crippen molar-refractivity contribution in [3.63, 3.8) is 0 Å². The van der Waals surface area contributed by atoms with Gasteiger partial charge in [0.05, 0.1) is 11.8 Å². The van der Waals surface area contributed by atoms with Crippen molar-refractivity contribution in [1.29, 1.82) is 0 Å². The summed E-state index contributed by atoms with van der Waals surface area (Å²) in [5.74, 6) is -0.913. The minimum absolute atomic E-state index is 0.298. The molecule has 0 aliphatic carbocycles. The smallest absolute Gasteiger partial charge is 0.335 e. The van der Waals surface area contributed by atoms with Crippen molar-refractivity contribution in [3.05, 3.63) is 54.3 Å². The monoisotopic (exact) mass is 297 g/mol. The lowest BCUT2D eigenvalue weighted by atomic mass is 10.1. The van der Waals surface area contributed by atoms with Crippen molar-refractivity contribution in [2.24, 2.45) is 5.10 Å². The summed E-state index contributed by atoms with van der Waals surface area (Å²) in [6.45, 7) is 0. The first-order valence-corrected chi connectivity index (χ1v) is 6.17. The Labute approximate surface area is 124 Å². The van der Waals surface area contributed by atoms with E-state index in [0.29, 0.717) is 17.1 Å². The first-order chi connectivity index (χ1) is 10.6. The van der Waals surface area contributed by atoms with Crippen LogP contribution in [0.1, 0.15) is 16.1 Å². The standard InChI is InChI=1S/C14H10N4O4/c19-12-3-1-9(5-11(12)14(20)21)13-4-2-10(22-13)6-17-18-7-15-16-8-18/h1-8,19H,(H,20,21)/p-1/b17-6+. The molecule has 0 bridgehead atoms. The molecule has 0 aliphatic rings. The van der Waals surface area contributed by atoms with Crippen LogP contribution in [0.2, 0.25) is 0 Å². The van der Waals surface area contributed by atoms with Gasteiger partial charge >= 0.3 is 5.97 Å². The van der Waals surface area contributed by atoms with Crippen LogP contribution in [0.3, 0.4) is 0 Å². The van der Waals surface area contributed by atoms with Crippen LogP contribution in [-0.2, 0) is 0 Å². The summed E-state index contributed by atoms with van der Waals surface area (Å²) in [5, 5.41) is 31.6. The molecule has 2 heterocycles. The molecule has 1 aromatic carbocycles. The second-order valence-corrected chi connectivity index (χ2v) is 4.30. The van der Waals surface area contributed by atoms with E-state index >= 15 is 0 Å². The lowest BCUT2D eigenvalue weighted by Gasteiger charge is -2.10. The molecule has 0 saturated carbocycles. The zero-order valence-corrected chi connectivity index (χ0v) is 11.1. The predicted octanol–water partition coefficient (Wildman–Crippen LogP) is 1.19. The van der Waals surface area contributed by atoms with Crippen LogP contribution < -0.4 is 5.11 Å². The summed E-state index contributed by atoms with van der Waals surface area (Å²) < 4.78 is 6.94. The van der Waals surface area contributed by atoms with Gasteiger partial charge in [0.15, 0.2) is 0 Å². The summed E-state index contributed by atoms with van der Waals surface area (Å²) in [6.07, 6.45) is 4.31. The van der Waals surface area contributed by atoms with Gasteiger partial charge < -0.3 is 14.6 Å². The Morgan fingerprint density at radius 1 is 1.27 bits per heavy atom. The van der Waals surface area contributed by atoms with Crippen LogP contribution >= 0.6 is 0 Å². The molecule has 0 radical (unpaired) electrons. The van der Waals surface area contributed by atoms with Crippen molar-refractivity contribution >= 4 is 12.2 Å². The van der Waals surface area contributed by atoms with Crippen molar-refractivity contribution in [2.75, 3.05) is 0 Å². The molecule has 3 rings (SSSR count). The molecule has 0 unspecified atom stereocenters. The lowest BCUT2D eigenvalue weighted by molar-refractivity contribution is -0.268. The normalized spacial score (nSPS) is 11.1. The minimum atomic E-state index is -1.27. The molecule has 8 heteroatoms. The van der Waals surface area contributed by atoms with E-state index in [1.165, 1.54) is 41.7 Å². The third kappa shape index (κ3) is 2.70. The summed E-state index contributed by atoms with van der Waals surface area (Å²) in [6, 6.07) is 7.33. The molecule has 0 amide bonds. The minimum Gasteiger partial charge on any atom is -0.872 e. The van der Waals surface area contributed by atoms with Gasteiger partial charge in [0.25, 0.3) is 0 Å². The van der Waals surface area contributed by atoms with Crippen molar-refractivity contribution in [1.82, 2.24) is 14.9 Å². The van der Waals surface area contributed by atoms with Gasteiger partial charge in [-0.15, -0.1) is 10.2 Å². The third-order valence-corrected chi connectivity index (χ3v) is 2.85. The summed E-state index contributed by atoms with van der Waals surface area (Å²) in [5.41, 5.74) is 0.203. The van der Waals surface area contributed by atoms with Gasteiger partial charge in [-0.05, 0) is 18.2 Å². The van der Waals surface area contributed by atoms with Gasteiger partial charge in [-0.2, -0.15) is 5.10 Å². The molecule has 110 valence electrons. The number of hydrogen-bond acceptors (Lipinski definition) is 6. The maximum atomic E-state index is 11.4. The molecular formula is C14H9N4O4-. The van der Waals surface area contributed by atoms with E-state index in [2.05, 4.69) is 15.3 Å². The van der Waals surface area contributed by atoms with E-state index in [1.807, 2.05) is 0 Å². The molecular weight excluding hydrogens is 288 g/mol. The predicted molar refractivity (Wildman–Crippen MR) is 73.6 cm³/mol. The molecule has 1 N–H and O–H groups in total. The van der Waals surface area contributed by atoms with E-state index in [4.69, 9.17) is 9.52 Å². The second kappa shape index (κ2) is 5.52. The number of aromatic nitrogens is 3. The van der Waals surface area contributed by atoms with Gasteiger partial charge in [-0.1, -0.05) is 17.9 Å². The maximum Gasteiger partial charge on any atom is 0.335 e. The molecule has 8 nitrogen and oxygen atoms in total. The lowest BCUT2D eigenvalue weighted by Crippen LogP contribution is -2.03. The highest BCUT2D eigenvalue weighted by Gasteiger charge is 2.09. The van der Waals surface area contributed by atoms with Gasteiger partial charge in [-0.25, -0.2) is 9.47 Å². The number of carboxylic acid groups (broad SMARTS) is 1. The van der Waals surface area contributed by atoms with E-state index in [0.717, 1.165) is 0 Å². The Kier molecular flexibility index (Phi) is 3.40. The summed E-state index contributed by atoms with van der Waals surface area (Å²) >= 11 is 0.